The monoisotopic (exact) mass is 376 g/mol. The van der Waals surface area contributed by atoms with Crippen molar-refractivity contribution in [3.8, 4) is 0 Å². The molecule has 25 heavy (non-hydrogen) atoms. The number of aromatic nitrogens is 3. The van der Waals surface area contributed by atoms with Crippen molar-refractivity contribution in [3.63, 3.8) is 0 Å². The van der Waals surface area contributed by atoms with Crippen LogP contribution in [0.15, 0.2) is 35.6 Å². The Hall–Kier alpha value is -2.39. The molecule has 0 spiro atoms. The Kier molecular flexibility index (Phi) is 5.34. The smallest absolute Gasteiger partial charge is 0.348 e. The van der Waals surface area contributed by atoms with E-state index in [4.69, 9.17) is 4.74 Å². The van der Waals surface area contributed by atoms with E-state index in [0.717, 1.165) is 11.2 Å². The summed E-state index contributed by atoms with van der Waals surface area (Å²) in [5.74, 6) is -0.342. The van der Waals surface area contributed by atoms with Crippen molar-refractivity contribution in [2.75, 3.05) is 17.7 Å². The average molecular weight is 376 g/mol. The minimum Gasteiger partial charge on any atom is -0.462 e. The first-order valence-corrected chi connectivity index (χ1v) is 9.38. The third kappa shape index (κ3) is 3.99. The summed E-state index contributed by atoms with van der Waals surface area (Å²) in [4.78, 5) is 24.5. The lowest BCUT2D eigenvalue weighted by Gasteiger charge is -2.02. The average Bonchev–Trinajstić information content (AvgIpc) is 3.16. The third-order valence-corrected chi connectivity index (χ3v) is 5.33. The zero-order valence-electron chi connectivity index (χ0n) is 13.7. The van der Waals surface area contributed by atoms with Gasteiger partial charge in [0.2, 0.25) is 5.91 Å². The van der Waals surface area contributed by atoms with Crippen LogP contribution in [-0.4, -0.2) is 38.8 Å². The lowest BCUT2D eigenvalue weighted by atomic mass is 10.3. The number of anilines is 1. The lowest BCUT2D eigenvalue weighted by Crippen LogP contribution is -2.13. The predicted molar refractivity (Wildman–Crippen MR) is 97.4 cm³/mol. The number of carbonyl (C=O) groups is 2. The second-order valence-corrected chi connectivity index (χ2v) is 7.09. The van der Waals surface area contributed by atoms with E-state index in [2.05, 4.69) is 15.5 Å². The quantitative estimate of drug-likeness (QED) is 0.526. The summed E-state index contributed by atoms with van der Waals surface area (Å²) < 4.78 is 6.83. The number of hydrogen-bond donors (Lipinski definition) is 1. The van der Waals surface area contributed by atoms with Crippen molar-refractivity contribution in [1.82, 2.24) is 14.6 Å². The number of nitrogens with one attached hydrogen (secondary N) is 1. The number of thioether (sulfide) groups is 1. The van der Waals surface area contributed by atoms with Crippen molar-refractivity contribution in [2.45, 2.75) is 19.0 Å². The maximum atomic E-state index is 12.2. The van der Waals surface area contributed by atoms with E-state index < -0.39 is 0 Å². The van der Waals surface area contributed by atoms with Crippen LogP contribution < -0.4 is 5.32 Å². The molecule has 7 nitrogen and oxygen atoms in total. The first-order valence-electron chi connectivity index (χ1n) is 7.58. The molecule has 0 unspecified atom stereocenters. The molecule has 0 atom stereocenters. The first-order chi connectivity index (χ1) is 12.1. The van der Waals surface area contributed by atoms with Gasteiger partial charge in [0, 0.05) is 6.20 Å². The SMILES string of the molecule is CCOC(=O)c1sc(NC(=O)CSc2nnc3ccccn23)cc1C. The number of rotatable bonds is 6. The molecule has 0 radical (unpaired) electrons. The molecule has 3 aromatic rings. The number of nitrogens with zero attached hydrogens (tertiary/aromatic N) is 3. The molecule has 130 valence electrons. The van der Waals surface area contributed by atoms with Crippen LogP contribution in [0.3, 0.4) is 0 Å². The summed E-state index contributed by atoms with van der Waals surface area (Å²) in [5, 5.41) is 12.2. The van der Waals surface area contributed by atoms with Gasteiger partial charge >= 0.3 is 5.97 Å². The fraction of sp³-hybridized carbons (Fsp3) is 0.250. The standard InChI is InChI=1S/C16H16N4O3S2/c1-3-23-15(22)14-10(2)8-13(25-14)17-12(21)9-24-16-19-18-11-6-4-5-7-20(11)16/h4-8H,3,9H2,1-2H3,(H,17,21). The highest BCUT2D eigenvalue weighted by molar-refractivity contribution is 7.99. The Morgan fingerprint density at radius 3 is 3.00 bits per heavy atom. The molecule has 1 amide bonds. The molecular weight excluding hydrogens is 360 g/mol. The highest BCUT2D eigenvalue weighted by Crippen LogP contribution is 2.27. The van der Waals surface area contributed by atoms with Crippen LogP contribution in [0, 0.1) is 6.92 Å². The van der Waals surface area contributed by atoms with Gasteiger partial charge in [0.1, 0.15) is 4.88 Å². The molecule has 0 saturated heterocycles. The van der Waals surface area contributed by atoms with Gasteiger partial charge in [-0.15, -0.1) is 21.5 Å². The molecule has 0 aliphatic rings. The van der Waals surface area contributed by atoms with Crippen molar-refractivity contribution >= 4 is 45.6 Å². The number of pyridine rings is 1. The number of fused-ring (bicyclic) bond motifs is 1. The van der Waals surface area contributed by atoms with E-state index in [1.54, 1.807) is 13.0 Å². The lowest BCUT2D eigenvalue weighted by molar-refractivity contribution is -0.113. The van der Waals surface area contributed by atoms with Gasteiger partial charge in [0.15, 0.2) is 10.8 Å². The van der Waals surface area contributed by atoms with E-state index in [0.29, 0.717) is 21.6 Å². The van der Waals surface area contributed by atoms with Gasteiger partial charge in [0.25, 0.3) is 0 Å². The van der Waals surface area contributed by atoms with Crippen LogP contribution in [0.4, 0.5) is 5.00 Å². The number of thiophene rings is 1. The fourth-order valence-electron chi connectivity index (χ4n) is 2.16. The molecule has 0 aromatic carbocycles. The van der Waals surface area contributed by atoms with Gasteiger partial charge < -0.3 is 10.1 Å². The number of aryl methyl sites for hydroxylation is 1. The Labute approximate surface area is 152 Å². The van der Waals surface area contributed by atoms with E-state index in [1.807, 2.05) is 35.7 Å². The van der Waals surface area contributed by atoms with Crippen molar-refractivity contribution < 1.29 is 14.3 Å². The summed E-state index contributed by atoms with van der Waals surface area (Å²) in [5.41, 5.74) is 1.52. The zero-order chi connectivity index (χ0) is 17.8. The van der Waals surface area contributed by atoms with Crippen molar-refractivity contribution in [1.29, 1.82) is 0 Å². The molecule has 1 N–H and O–H groups in total. The molecule has 3 heterocycles. The highest BCUT2D eigenvalue weighted by Gasteiger charge is 2.16. The summed E-state index contributed by atoms with van der Waals surface area (Å²) >= 11 is 2.51. The Morgan fingerprint density at radius 2 is 2.20 bits per heavy atom. The van der Waals surface area contributed by atoms with Crippen LogP contribution in [0.25, 0.3) is 5.65 Å². The Balaban J connectivity index is 1.61. The van der Waals surface area contributed by atoms with Crippen molar-refractivity contribution in [3.05, 3.63) is 40.9 Å². The minimum absolute atomic E-state index is 0.172. The van der Waals surface area contributed by atoms with Crippen LogP contribution in [-0.2, 0) is 9.53 Å². The fourth-order valence-corrected chi connectivity index (χ4v) is 3.87. The Morgan fingerprint density at radius 1 is 1.36 bits per heavy atom. The van der Waals surface area contributed by atoms with Gasteiger partial charge in [-0.1, -0.05) is 17.8 Å². The molecule has 3 aromatic heterocycles. The topological polar surface area (TPSA) is 85.6 Å². The van der Waals surface area contributed by atoms with Gasteiger partial charge in [-0.25, -0.2) is 4.79 Å². The van der Waals surface area contributed by atoms with Crippen LogP contribution in [0.5, 0.6) is 0 Å². The molecular formula is C16H16N4O3S2. The van der Waals surface area contributed by atoms with E-state index in [9.17, 15) is 9.59 Å². The summed E-state index contributed by atoms with van der Waals surface area (Å²) in [6, 6.07) is 7.38. The molecule has 3 rings (SSSR count). The van der Waals surface area contributed by atoms with Crippen LogP contribution >= 0.6 is 23.1 Å². The summed E-state index contributed by atoms with van der Waals surface area (Å²) in [6.45, 7) is 3.89. The summed E-state index contributed by atoms with van der Waals surface area (Å²) in [6.07, 6.45) is 1.85. The van der Waals surface area contributed by atoms with E-state index >= 15 is 0 Å². The number of carbonyl (C=O) groups excluding carboxylic acids is 2. The maximum Gasteiger partial charge on any atom is 0.348 e. The van der Waals surface area contributed by atoms with Gasteiger partial charge in [-0.05, 0) is 37.6 Å². The number of hydrogen-bond acceptors (Lipinski definition) is 7. The van der Waals surface area contributed by atoms with Crippen LogP contribution in [0.1, 0.15) is 22.2 Å². The third-order valence-electron chi connectivity index (χ3n) is 3.26. The highest BCUT2D eigenvalue weighted by atomic mass is 32.2. The second-order valence-electron chi connectivity index (χ2n) is 5.09. The summed E-state index contributed by atoms with van der Waals surface area (Å²) in [7, 11) is 0. The molecule has 9 heteroatoms. The number of esters is 1. The predicted octanol–water partition coefficient (Wildman–Crippen LogP) is 3.01. The number of ether oxygens (including phenoxy) is 1. The molecule has 0 aliphatic carbocycles. The normalized spacial score (nSPS) is 10.8. The molecule has 0 bridgehead atoms. The minimum atomic E-state index is -0.366. The van der Waals surface area contributed by atoms with Crippen molar-refractivity contribution in [2.24, 2.45) is 0 Å². The van der Waals surface area contributed by atoms with E-state index in [-0.39, 0.29) is 17.6 Å². The Bertz CT molecular complexity index is 919. The van der Waals surface area contributed by atoms with Gasteiger partial charge in [-0.2, -0.15) is 0 Å². The largest absolute Gasteiger partial charge is 0.462 e. The van der Waals surface area contributed by atoms with Gasteiger partial charge in [-0.3, -0.25) is 9.20 Å². The van der Waals surface area contributed by atoms with Crippen LogP contribution in [0.2, 0.25) is 0 Å². The number of amides is 1. The molecule has 0 saturated carbocycles. The zero-order valence-corrected chi connectivity index (χ0v) is 15.3. The van der Waals surface area contributed by atoms with Gasteiger partial charge in [0.05, 0.1) is 17.4 Å². The molecule has 0 fully saturated rings. The molecule has 0 aliphatic heterocycles. The van der Waals surface area contributed by atoms with E-state index in [1.165, 1.54) is 23.1 Å². The maximum absolute atomic E-state index is 12.2. The second kappa shape index (κ2) is 7.66. The first kappa shape index (κ1) is 17.4.